The molecule has 0 unspecified atom stereocenters. The normalized spacial score (nSPS) is 11.9. The number of anilines is 1. The number of aryl methyl sites for hydroxylation is 1. The highest BCUT2D eigenvalue weighted by molar-refractivity contribution is 7.89. The van der Waals surface area contributed by atoms with Crippen LogP contribution < -0.4 is 20.4 Å². The van der Waals surface area contributed by atoms with Crippen molar-refractivity contribution in [2.45, 2.75) is 11.8 Å². The number of nitrogens with zero attached hydrogens (tertiary/aromatic N) is 1. The van der Waals surface area contributed by atoms with E-state index in [9.17, 15) is 17.6 Å². The van der Waals surface area contributed by atoms with Gasteiger partial charge in [-0.25, -0.2) is 4.39 Å². The Bertz CT molecular complexity index is 1550. The van der Waals surface area contributed by atoms with Gasteiger partial charge in [0.25, 0.3) is 15.9 Å². The molecule has 0 fully saturated rings. The van der Waals surface area contributed by atoms with Crippen LogP contribution in [0.25, 0.3) is 11.0 Å². The maximum atomic E-state index is 13.6. The summed E-state index contributed by atoms with van der Waals surface area (Å²) in [5.74, 6) is -0.719. The summed E-state index contributed by atoms with van der Waals surface area (Å²) < 4.78 is 50.2. The number of rotatable bonds is 6. The predicted octanol–water partition coefficient (Wildman–Crippen LogP) is 3.94. The van der Waals surface area contributed by atoms with Crippen LogP contribution in [0.3, 0.4) is 0 Å². The fourth-order valence-electron chi connectivity index (χ4n) is 3.19. The molecule has 34 heavy (non-hydrogen) atoms. The van der Waals surface area contributed by atoms with Crippen LogP contribution in [-0.2, 0) is 10.0 Å². The average Bonchev–Trinajstić information content (AvgIpc) is 2.84. The maximum absolute atomic E-state index is 13.6. The van der Waals surface area contributed by atoms with E-state index >= 15 is 0 Å². The smallest absolute Gasteiger partial charge is 0.276 e. The third-order valence-electron chi connectivity index (χ3n) is 4.94. The molecule has 0 aliphatic heterocycles. The van der Waals surface area contributed by atoms with Gasteiger partial charge in [-0.05, 0) is 55.0 Å². The zero-order chi connectivity index (χ0) is 24.3. The number of para-hydroxylation sites is 2. The molecule has 0 atom stereocenters. The molecule has 0 bridgehead atoms. The van der Waals surface area contributed by atoms with Gasteiger partial charge in [-0.3, -0.25) is 4.79 Å². The van der Waals surface area contributed by atoms with Gasteiger partial charge in [0, 0.05) is 11.1 Å². The lowest BCUT2D eigenvalue weighted by Crippen LogP contribution is -2.27. The van der Waals surface area contributed by atoms with Crippen LogP contribution in [0.5, 0.6) is 5.75 Å². The van der Waals surface area contributed by atoms with Gasteiger partial charge in [0.05, 0.1) is 12.0 Å². The summed E-state index contributed by atoms with van der Waals surface area (Å²) in [6.07, 6.45) is 0. The van der Waals surface area contributed by atoms with Crippen molar-refractivity contribution in [2.24, 2.45) is 5.10 Å². The van der Waals surface area contributed by atoms with Crippen LogP contribution >= 0.6 is 0 Å². The SMILES string of the molecule is COc1cccc2cc(C(=O)Nc3ccccc3)/c(=N/NS(=O)(=O)c3ccc(F)c(C)c3)oc12. The van der Waals surface area contributed by atoms with Gasteiger partial charge >= 0.3 is 0 Å². The number of halogens is 1. The van der Waals surface area contributed by atoms with Gasteiger partial charge in [-0.2, -0.15) is 13.2 Å². The first-order valence-electron chi connectivity index (χ1n) is 10.1. The van der Waals surface area contributed by atoms with Crippen molar-refractivity contribution >= 4 is 32.6 Å². The maximum Gasteiger partial charge on any atom is 0.276 e. The molecule has 174 valence electrons. The van der Waals surface area contributed by atoms with Crippen LogP contribution in [0.2, 0.25) is 0 Å². The third kappa shape index (κ3) is 4.76. The molecule has 1 amide bonds. The highest BCUT2D eigenvalue weighted by Crippen LogP contribution is 2.25. The fourth-order valence-corrected chi connectivity index (χ4v) is 4.08. The van der Waals surface area contributed by atoms with Crippen molar-refractivity contribution in [1.82, 2.24) is 4.83 Å². The summed E-state index contributed by atoms with van der Waals surface area (Å²) >= 11 is 0. The quantitative estimate of drug-likeness (QED) is 0.406. The number of carbonyl (C=O) groups is 1. The molecule has 4 rings (SSSR count). The monoisotopic (exact) mass is 481 g/mol. The number of amides is 1. The van der Waals surface area contributed by atoms with Gasteiger partial charge < -0.3 is 14.5 Å². The minimum atomic E-state index is -4.17. The van der Waals surface area contributed by atoms with E-state index in [-0.39, 0.29) is 27.2 Å². The zero-order valence-electron chi connectivity index (χ0n) is 18.2. The van der Waals surface area contributed by atoms with Crippen molar-refractivity contribution in [1.29, 1.82) is 0 Å². The van der Waals surface area contributed by atoms with Gasteiger partial charge in [-0.1, -0.05) is 30.3 Å². The van der Waals surface area contributed by atoms with E-state index in [1.54, 1.807) is 48.5 Å². The average molecular weight is 482 g/mol. The molecule has 8 nitrogen and oxygen atoms in total. The van der Waals surface area contributed by atoms with Crippen LogP contribution in [0.15, 0.2) is 87.2 Å². The Morgan fingerprint density at radius 1 is 1.03 bits per heavy atom. The minimum Gasteiger partial charge on any atom is -0.493 e. The number of nitrogens with one attached hydrogen (secondary N) is 2. The van der Waals surface area contributed by atoms with E-state index in [4.69, 9.17) is 9.15 Å². The molecule has 1 aromatic heterocycles. The van der Waals surface area contributed by atoms with Crippen molar-refractivity contribution < 1.29 is 26.8 Å². The molecule has 0 saturated heterocycles. The topological polar surface area (TPSA) is 110 Å². The Labute approximate surface area is 194 Å². The Balaban J connectivity index is 1.81. The second-order valence-corrected chi connectivity index (χ2v) is 8.94. The number of methoxy groups -OCH3 is 1. The lowest BCUT2D eigenvalue weighted by Gasteiger charge is -2.09. The standard InChI is InChI=1S/C24H20FN3O5S/c1-15-13-18(11-12-20(15)25)34(30,31)28-27-24-19(23(29)26-17-8-4-3-5-9-17)14-16-7-6-10-21(32-2)22(16)33-24/h3-14,28H,1-2H3,(H,26,29)/b27-24-. The molecule has 0 saturated carbocycles. The summed E-state index contributed by atoms with van der Waals surface area (Å²) in [4.78, 5) is 14.9. The van der Waals surface area contributed by atoms with Gasteiger partial charge in [0.2, 0.25) is 5.55 Å². The second kappa shape index (κ2) is 9.36. The summed E-state index contributed by atoms with van der Waals surface area (Å²) in [6, 6.07) is 18.7. The van der Waals surface area contributed by atoms with E-state index in [2.05, 4.69) is 15.2 Å². The molecule has 0 radical (unpaired) electrons. The molecule has 0 aliphatic carbocycles. The summed E-state index contributed by atoms with van der Waals surface area (Å²) in [5.41, 5.74) is 0.671. The lowest BCUT2D eigenvalue weighted by atomic mass is 10.1. The zero-order valence-corrected chi connectivity index (χ0v) is 19.0. The first-order chi connectivity index (χ1) is 16.3. The molecule has 1 heterocycles. The molecule has 4 aromatic rings. The minimum absolute atomic E-state index is 0.0115. The lowest BCUT2D eigenvalue weighted by molar-refractivity contribution is 0.102. The van der Waals surface area contributed by atoms with Crippen molar-refractivity contribution in [2.75, 3.05) is 12.4 Å². The van der Waals surface area contributed by atoms with Crippen molar-refractivity contribution in [3.8, 4) is 5.75 Å². The number of carbonyl (C=O) groups excluding carboxylic acids is 1. The van der Waals surface area contributed by atoms with Gasteiger partial charge in [-0.15, -0.1) is 5.10 Å². The number of fused-ring (bicyclic) bond motifs is 1. The molecular formula is C24H20FN3O5S. The Morgan fingerprint density at radius 3 is 2.50 bits per heavy atom. The molecule has 10 heteroatoms. The van der Waals surface area contributed by atoms with E-state index < -0.39 is 21.7 Å². The van der Waals surface area contributed by atoms with Crippen LogP contribution in [0, 0.1) is 12.7 Å². The molecule has 0 aliphatic rings. The molecule has 0 spiro atoms. The number of sulfonamides is 1. The summed E-state index contributed by atoms with van der Waals surface area (Å²) in [6.45, 7) is 1.45. The van der Waals surface area contributed by atoms with Gasteiger partial charge in [0.1, 0.15) is 11.4 Å². The predicted molar refractivity (Wildman–Crippen MR) is 124 cm³/mol. The van der Waals surface area contributed by atoms with Crippen LogP contribution in [-0.4, -0.2) is 21.4 Å². The van der Waals surface area contributed by atoms with E-state index in [1.165, 1.54) is 26.2 Å². The Morgan fingerprint density at radius 2 is 1.79 bits per heavy atom. The van der Waals surface area contributed by atoms with Crippen LogP contribution in [0.4, 0.5) is 10.1 Å². The number of ether oxygens (including phenoxy) is 1. The van der Waals surface area contributed by atoms with Crippen molar-refractivity contribution in [3.05, 3.63) is 95.3 Å². The number of hydrogen-bond donors (Lipinski definition) is 2. The van der Waals surface area contributed by atoms with Crippen LogP contribution in [0.1, 0.15) is 15.9 Å². The highest BCUT2D eigenvalue weighted by atomic mass is 32.2. The Kier molecular flexibility index (Phi) is 6.33. The number of benzene rings is 3. The summed E-state index contributed by atoms with van der Waals surface area (Å²) in [7, 11) is -2.72. The molecule has 3 aromatic carbocycles. The second-order valence-electron chi connectivity index (χ2n) is 7.28. The fraction of sp³-hybridized carbons (Fsp3) is 0.0833. The first kappa shape index (κ1) is 23.0. The Hall–Kier alpha value is -4.18. The van der Waals surface area contributed by atoms with E-state index in [0.717, 1.165) is 12.1 Å². The van der Waals surface area contributed by atoms with E-state index in [1.807, 2.05) is 0 Å². The first-order valence-corrected chi connectivity index (χ1v) is 11.6. The largest absolute Gasteiger partial charge is 0.493 e. The third-order valence-corrected chi connectivity index (χ3v) is 6.15. The molecule has 2 N–H and O–H groups in total. The highest BCUT2D eigenvalue weighted by Gasteiger charge is 2.18. The van der Waals surface area contributed by atoms with Crippen molar-refractivity contribution in [3.63, 3.8) is 0 Å². The van der Waals surface area contributed by atoms with Gasteiger partial charge in [0.15, 0.2) is 11.3 Å². The molecular weight excluding hydrogens is 461 g/mol. The van der Waals surface area contributed by atoms with E-state index in [0.29, 0.717) is 16.8 Å². The number of hydrogen-bond acceptors (Lipinski definition) is 6. The summed E-state index contributed by atoms with van der Waals surface area (Å²) in [5, 5.41) is 7.15.